The highest BCUT2D eigenvalue weighted by molar-refractivity contribution is 7.13. The van der Waals surface area contributed by atoms with Crippen LogP contribution >= 0.6 is 11.3 Å². The Bertz CT molecular complexity index is 269. The second-order valence-corrected chi connectivity index (χ2v) is 4.81. The van der Waals surface area contributed by atoms with Gasteiger partial charge in [-0.05, 0) is 12.8 Å². The molecule has 0 spiro atoms. The van der Waals surface area contributed by atoms with Gasteiger partial charge in [0.1, 0.15) is 5.51 Å². The van der Waals surface area contributed by atoms with Crippen molar-refractivity contribution in [3.63, 3.8) is 0 Å². The Morgan fingerprint density at radius 2 is 2.20 bits per heavy atom. The van der Waals surface area contributed by atoms with Crippen LogP contribution in [0.25, 0.3) is 0 Å². The van der Waals surface area contributed by atoms with Crippen molar-refractivity contribution in [2.24, 2.45) is 5.73 Å². The van der Waals surface area contributed by atoms with Crippen molar-refractivity contribution in [1.29, 1.82) is 0 Å². The highest BCUT2D eigenvalue weighted by atomic mass is 32.1. The quantitative estimate of drug-likeness (QED) is 0.848. The number of aromatic nitrogens is 2. The van der Waals surface area contributed by atoms with Crippen molar-refractivity contribution in [2.75, 3.05) is 18.0 Å². The van der Waals surface area contributed by atoms with Gasteiger partial charge in [0.05, 0.1) is 0 Å². The molecule has 0 aliphatic heterocycles. The Hall–Kier alpha value is -0.680. The third kappa shape index (κ3) is 2.66. The lowest BCUT2D eigenvalue weighted by atomic mass is 9.94. The lowest BCUT2D eigenvalue weighted by Gasteiger charge is -2.33. The number of rotatable bonds is 4. The lowest BCUT2D eigenvalue weighted by molar-refractivity contribution is 0.415. The first kappa shape index (κ1) is 10.8. The molecule has 84 valence electrons. The maximum Gasteiger partial charge on any atom is 0.208 e. The fourth-order valence-corrected chi connectivity index (χ4v) is 2.92. The van der Waals surface area contributed by atoms with E-state index in [1.54, 1.807) is 16.8 Å². The molecule has 1 aromatic heterocycles. The Balaban J connectivity index is 2.04. The molecule has 4 nitrogen and oxygen atoms in total. The molecule has 1 saturated carbocycles. The molecule has 0 saturated heterocycles. The summed E-state index contributed by atoms with van der Waals surface area (Å²) in [4.78, 5) is 2.34. The van der Waals surface area contributed by atoms with Crippen molar-refractivity contribution in [3.05, 3.63) is 5.51 Å². The van der Waals surface area contributed by atoms with Crippen molar-refractivity contribution >= 4 is 16.5 Å². The van der Waals surface area contributed by atoms with Gasteiger partial charge in [0.15, 0.2) is 0 Å². The zero-order chi connectivity index (χ0) is 10.5. The van der Waals surface area contributed by atoms with E-state index in [0.717, 1.165) is 11.7 Å². The van der Waals surface area contributed by atoms with E-state index in [-0.39, 0.29) is 0 Å². The van der Waals surface area contributed by atoms with Crippen molar-refractivity contribution in [2.45, 2.75) is 38.1 Å². The smallest absolute Gasteiger partial charge is 0.208 e. The van der Waals surface area contributed by atoms with Crippen LogP contribution in [0.2, 0.25) is 0 Å². The molecule has 0 atom stereocenters. The first-order valence-electron chi connectivity index (χ1n) is 5.64. The molecule has 1 aliphatic carbocycles. The summed E-state index contributed by atoms with van der Waals surface area (Å²) in [5, 5.41) is 9.09. The zero-order valence-corrected chi connectivity index (χ0v) is 9.75. The average molecular weight is 226 g/mol. The summed E-state index contributed by atoms with van der Waals surface area (Å²) in [6, 6.07) is 0.634. The molecule has 1 heterocycles. The molecule has 2 N–H and O–H groups in total. The van der Waals surface area contributed by atoms with Gasteiger partial charge in [0.25, 0.3) is 0 Å². The third-order valence-electron chi connectivity index (χ3n) is 2.98. The third-order valence-corrected chi connectivity index (χ3v) is 3.71. The fourth-order valence-electron chi connectivity index (χ4n) is 2.26. The zero-order valence-electron chi connectivity index (χ0n) is 8.93. The monoisotopic (exact) mass is 226 g/mol. The molecule has 5 heteroatoms. The van der Waals surface area contributed by atoms with Crippen molar-refractivity contribution in [1.82, 2.24) is 10.2 Å². The van der Waals surface area contributed by atoms with Crippen LogP contribution in [0.4, 0.5) is 5.13 Å². The molecular weight excluding hydrogens is 208 g/mol. The van der Waals surface area contributed by atoms with Gasteiger partial charge in [-0.15, -0.1) is 10.2 Å². The summed E-state index contributed by atoms with van der Waals surface area (Å²) in [6.45, 7) is 1.59. The van der Waals surface area contributed by atoms with Gasteiger partial charge in [-0.1, -0.05) is 30.6 Å². The minimum Gasteiger partial charge on any atom is -0.342 e. The Morgan fingerprint density at radius 3 is 2.80 bits per heavy atom. The number of nitrogens with zero attached hydrogens (tertiary/aromatic N) is 3. The van der Waals surface area contributed by atoms with E-state index >= 15 is 0 Å². The molecular formula is C10H18N4S. The SMILES string of the molecule is NCCN(c1nncs1)C1CCCCC1. The topological polar surface area (TPSA) is 55.0 Å². The first-order chi connectivity index (χ1) is 7.42. The van der Waals surface area contributed by atoms with Crippen molar-refractivity contribution < 1.29 is 0 Å². The number of hydrogen-bond acceptors (Lipinski definition) is 5. The summed E-state index contributed by atoms with van der Waals surface area (Å²) >= 11 is 1.61. The maximum atomic E-state index is 5.66. The Morgan fingerprint density at radius 1 is 1.40 bits per heavy atom. The molecule has 0 radical (unpaired) electrons. The standard InChI is InChI=1S/C10H18N4S/c11-6-7-14(10-13-12-8-15-10)9-4-2-1-3-5-9/h8-9H,1-7,11H2. The minimum absolute atomic E-state index is 0.634. The lowest BCUT2D eigenvalue weighted by Crippen LogP contribution is -2.40. The molecule has 2 rings (SSSR count). The predicted octanol–water partition coefficient (Wildman–Crippen LogP) is 1.64. The van der Waals surface area contributed by atoms with Crippen molar-refractivity contribution in [3.8, 4) is 0 Å². The van der Waals surface area contributed by atoms with E-state index in [1.807, 2.05) is 0 Å². The van der Waals surface area contributed by atoms with Gasteiger partial charge >= 0.3 is 0 Å². The van der Waals surface area contributed by atoms with Gasteiger partial charge in [0, 0.05) is 19.1 Å². The Kier molecular flexibility index (Phi) is 3.91. The summed E-state index contributed by atoms with van der Waals surface area (Å²) in [6.07, 6.45) is 6.61. The van der Waals surface area contributed by atoms with Crippen LogP contribution in [0, 0.1) is 0 Å². The molecule has 1 aromatic rings. The molecule has 1 aliphatic rings. The van der Waals surface area contributed by atoms with Gasteiger partial charge in [0.2, 0.25) is 5.13 Å². The second kappa shape index (κ2) is 5.42. The minimum atomic E-state index is 0.634. The number of hydrogen-bond donors (Lipinski definition) is 1. The summed E-state index contributed by atoms with van der Waals surface area (Å²) in [5.74, 6) is 0. The maximum absolute atomic E-state index is 5.66. The van der Waals surface area contributed by atoms with Gasteiger partial charge in [-0.25, -0.2) is 0 Å². The molecule has 15 heavy (non-hydrogen) atoms. The Labute approximate surface area is 94.5 Å². The first-order valence-corrected chi connectivity index (χ1v) is 6.52. The highest BCUT2D eigenvalue weighted by Gasteiger charge is 2.22. The normalized spacial score (nSPS) is 17.9. The van der Waals surface area contributed by atoms with Gasteiger partial charge < -0.3 is 10.6 Å². The number of anilines is 1. The molecule has 0 unspecified atom stereocenters. The molecule has 0 bridgehead atoms. The van der Waals surface area contributed by atoms with Crippen LogP contribution < -0.4 is 10.6 Å². The summed E-state index contributed by atoms with van der Waals surface area (Å²) < 4.78 is 0. The van der Waals surface area contributed by atoms with E-state index in [1.165, 1.54) is 32.1 Å². The van der Waals surface area contributed by atoms with Crippen LogP contribution in [0.3, 0.4) is 0 Å². The highest BCUT2D eigenvalue weighted by Crippen LogP contribution is 2.27. The van der Waals surface area contributed by atoms with E-state index in [2.05, 4.69) is 15.1 Å². The van der Waals surface area contributed by atoms with Crippen LogP contribution in [0.1, 0.15) is 32.1 Å². The van der Waals surface area contributed by atoms with E-state index in [9.17, 15) is 0 Å². The average Bonchev–Trinajstić information content (AvgIpc) is 2.80. The molecule has 1 fully saturated rings. The van der Waals surface area contributed by atoms with Crippen LogP contribution in [-0.4, -0.2) is 29.3 Å². The summed E-state index contributed by atoms with van der Waals surface area (Å²) in [5.41, 5.74) is 7.45. The fraction of sp³-hybridized carbons (Fsp3) is 0.800. The van der Waals surface area contributed by atoms with E-state index < -0.39 is 0 Å². The number of nitrogens with two attached hydrogens (primary N) is 1. The second-order valence-electron chi connectivity index (χ2n) is 4.00. The predicted molar refractivity (Wildman–Crippen MR) is 63.2 cm³/mol. The van der Waals surface area contributed by atoms with Crippen LogP contribution in [0.5, 0.6) is 0 Å². The van der Waals surface area contributed by atoms with Crippen LogP contribution in [0.15, 0.2) is 5.51 Å². The largest absolute Gasteiger partial charge is 0.342 e. The van der Waals surface area contributed by atoms with Gasteiger partial charge in [-0.2, -0.15) is 0 Å². The summed E-state index contributed by atoms with van der Waals surface area (Å²) in [7, 11) is 0. The van der Waals surface area contributed by atoms with E-state index in [0.29, 0.717) is 12.6 Å². The van der Waals surface area contributed by atoms with E-state index in [4.69, 9.17) is 5.73 Å². The van der Waals surface area contributed by atoms with Crippen LogP contribution in [-0.2, 0) is 0 Å². The molecule has 0 amide bonds. The van der Waals surface area contributed by atoms with Gasteiger partial charge in [-0.3, -0.25) is 0 Å². The molecule has 0 aromatic carbocycles.